The van der Waals surface area contributed by atoms with Gasteiger partial charge in [0.2, 0.25) is 5.91 Å². The van der Waals surface area contributed by atoms with Crippen LogP contribution in [-0.4, -0.2) is 37.9 Å². The van der Waals surface area contributed by atoms with Crippen LogP contribution in [0.3, 0.4) is 0 Å². The van der Waals surface area contributed by atoms with Crippen molar-refractivity contribution in [3.05, 3.63) is 60.2 Å². The van der Waals surface area contributed by atoms with Gasteiger partial charge in [-0.3, -0.25) is 9.59 Å². The number of anilines is 1. The van der Waals surface area contributed by atoms with Crippen LogP contribution < -0.4 is 10.6 Å². The number of hydrogen-bond acceptors (Lipinski definition) is 5. The summed E-state index contributed by atoms with van der Waals surface area (Å²) in [7, 11) is 1.86. The molecule has 0 radical (unpaired) electrons. The fourth-order valence-electron chi connectivity index (χ4n) is 2.81. The van der Waals surface area contributed by atoms with Gasteiger partial charge >= 0.3 is 0 Å². The van der Waals surface area contributed by atoms with E-state index in [0.29, 0.717) is 22.2 Å². The monoisotopic (exact) mass is 423 g/mol. The molecule has 0 fully saturated rings. The van der Waals surface area contributed by atoms with Gasteiger partial charge in [0, 0.05) is 29.4 Å². The molecule has 2 aromatic carbocycles. The Hall–Kier alpha value is -3.13. The zero-order valence-corrected chi connectivity index (χ0v) is 18.3. The van der Waals surface area contributed by atoms with E-state index in [4.69, 9.17) is 0 Å². The Balaban J connectivity index is 1.70. The van der Waals surface area contributed by atoms with E-state index in [1.807, 2.05) is 74.9 Å². The maximum atomic E-state index is 12.4. The molecule has 0 saturated heterocycles. The van der Waals surface area contributed by atoms with Crippen LogP contribution in [0.5, 0.6) is 0 Å². The van der Waals surface area contributed by atoms with Crippen molar-refractivity contribution in [1.82, 2.24) is 20.1 Å². The van der Waals surface area contributed by atoms with Crippen LogP contribution >= 0.6 is 11.8 Å². The summed E-state index contributed by atoms with van der Waals surface area (Å²) < 4.78 is 1.84. The smallest absolute Gasteiger partial charge is 0.255 e. The van der Waals surface area contributed by atoms with Gasteiger partial charge in [-0.05, 0) is 45.0 Å². The highest BCUT2D eigenvalue weighted by Crippen LogP contribution is 2.25. The molecule has 0 saturated carbocycles. The van der Waals surface area contributed by atoms with Gasteiger partial charge in [-0.2, -0.15) is 0 Å². The first-order valence-electron chi connectivity index (χ1n) is 9.53. The normalized spacial score (nSPS) is 11.2. The van der Waals surface area contributed by atoms with E-state index in [1.165, 1.54) is 11.8 Å². The first-order valence-corrected chi connectivity index (χ1v) is 10.5. The molecule has 0 bridgehead atoms. The van der Waals surface area contributed by atoms with E-state index in [1.54, 1.807) is 12.1 Å². The quantitative estimate of drug-likeness (QED) is 0.590. The lowest BCUT2D eigenvalue weighted by molar-refractivity contribution is -0.119. The fraction of sp³-hybridized carbons (Fsp3) is 0.273. The van der Waals surface area contributed by atoms with Gasteiger partial charge in [-0.25, -0.2) is 0 Å². The molecule has 0 aliphatic rings. The van der Waals surface area contributed by atoms with Gasteiger partial charge in [0.05, 0.1) is 5.75 Å². The number of hydrogen-bond donors (Lipinski definition) is 2. The second-order valence-electron chi connectivity index (χ2n) is 7.85. The number of carbonyl (C=O) groups excluding carboxylic acids is 2. The van der Waals surface area contributed by atoms with Crippen LogP contribution in [0.2, 0.25) is 0 Å². The zero-order valence-electron chi connectivity index (χ0n) is 17.5. The van der Waals surface area contributed by atoms with Gasteiger partial charge in [0.15, 0.2) is 11.0 Å². The summed E-state index contributed by atoms with van der Waals surface area (Å²) in [6.07, 6.45) is 0. The van der Waals surface area contributed by atoms with E-state index >= 15 is 0 Å². The number of nitrogens with one attached hydrogen (secondary N) is 2. The van der Waals surface area contributed by atoms with Gasteiger partial charge in [0.1, 0.15) is 0 Å². The third kappa shape index (κ3) is 5.70. The molecule has 0 aliphatic carbocycles. The average molecular weight is 424 g/mol. The van der Waals surface area contributed by atoms with Crippen LogP contribution in [0.25, 0.3) is 11.4 Å². The van der Waals surface area contributed by atoms with Crippen molar-refractivity contribution in [1.29, 1.82) is 0 Å². The second kappa shape index (κ2) is 9.13. The first-order chi connectivity index (χ1) is 14.2. The maximum Gasteiger partial charge on any atom is 0.255 e. The van der Waals surface area contributed by atoms with Gasteiger partial charge in [-0.15, -0.1) is 10.2 Å². The van der Waals surface area contributed by atoms with E-state index < -0.39 is 0 Å². The summed E-state index contributed by atoms with van der Waals surface area (Å²) in [4.78, 5) is 24.5. The summed E-state index contributed by atoms with van der Waals surface area (Å²) in [5.74, 6) is 0.690. The topological polar surface area (TPSA) is 88.9 Å². The number of nitrogens with zero attached hydrogens (tertiary/aromatic N) is 3. The Kier molecular flexibility index (Phi) is 6.56. The van der Waals surface area contributed by atoms with Crippen molar-refractivity contribution in [2.24, 2.45) is 7.05 Å². The maximum absolute atomic E-state index is 12.4. The molecule has 2 N–H and O–H groups in total. The summed E-state index contributed by atoms with van der Waals surface area (Å²) in [6, 6.07) is 16.5. The Morgan fingerprint density at radius 3 is 2.47 bits per heavy atom. The molecule has 0 aliphatic heterocycles. The van der Waals surface area contributed by atoms with Gasteiger partial charge < -0.3 is 15.2 Å². The van der Waals surface area contributed by atoms with Gasteiger partial charge in [-0.1, -0.05) is 42.1 Å². The summed E-state index contributed by atoms with van der Waals surface area (Å²) in [5.41, 5.74) is 1.81. The molecular weight excluding hydrogens is 398 g/mol. The predicted octanol–water partition coefficient (Wildman–Crippen LogP) is 3.74. The van der Waals surface area contributed by atoms with Crippen LogP contribution in [0.15, 0.2) is 59.8 Å². The minimum Gasteiger partial charge on any atom is -0.351 e. The lowest BCUT2D eigenvalue weighted by atomic mass is 10.1. The zero-order chi connectivity index (χ0) is 21.7. The summed E-state index contributed by atoms with van der Waals surface area (Å²) in [6.45, 7) is 5.83. The van der Waals surface area contributed by atoms with E-state index in [-0.39, 0.29) is 23.1 Å². The SMILES string of the molecule is Cn1c(SCC(=O)NC(C)(C)C)nnc1-c1cccc(NC(=O)c2ccccc2)c1. The number of aromatic nitrogens is 3. The molecule has 8 heteroatoms. The highest BCUT2D eigenvalue weighted by molar-refractivity contribution is 7.99. The minimum atomic E-state index is -0.271. The predicted molar refractivity (Wildman–Crippen MR) is 119 cm³/mol. The number of thioether (sulfide) groups is 1. The Labute approximate surface area is 180 Å². The summed E-state index contributed by atoms with van der Waals surface area (Å²) >= 11 is 1.33. The first kappa shape index (κ1) is 21.6. The Bertz CT molecular complexity index is 1040. The Morgan fingerprint density at radius 2 is 1.77 bits per heavy atom. The number of benzene rings is 2. The second-order valence-corrected chi connectivity index (χ2v) is 8.80. The van der Waals surface area contributed by atoms with Crippen LogP contribution in [-0.2, 0) is 11.8 Å². The number of rotatable bonds is 6. The van der Waals surface area contributed by atoms with E-state index in [2.05, 4.69) is 20.8 Å². The third-order valence-electron chi connectivity index (χ3n) is 4.10. The lowest BCUT2D eigenvalue weighted by Crippen LogP contribution is -2.41. The minimum absolute atomic E-state index is 0.0531. The standard InChI is InChI=1S/C22H25N5O2S/c1-22(2,3)24-18(28)14-30-21-26-25-19(27(21)4)16-11-8-12-17(13-16)23-20(29)15-9-6-5-7-10-15/h5-13H,14H2,1-4H3,(H,23,29)(H,24,28). The average Bonchev–Trinajstić information content (AvgIpc) is 3.06. The highest BCUT2D eigenvalue weighted by atomic mass is 32.2. The third-order valence-corrected chi connectivity index (χ3v) is 5.12. The number of carbonyl (C=O) groups is 2. The van der Waals surface area contributed by atoms with E-state index in [0.717, 1.165) is 5.56 Å². The molecule has 2 amide bonds. The highest BCUT2D eigenvalue weighted by Gasteiger charge is 2.17. The molecule has 1 heterocycles. The fourth-order valence-corrected chi connectivity index (χ4v) is 3.52. The molecule has 1 aromatic heterocycles. The molecular formula is C22H25N5O2S. The van der Waals surface area contributed by atoms with E-state index in [9.17, 15) is 9.59 Å². The lowest BCUT2D eigenvalue weighted by Gasteiger charge is -2.20. The number of amides is 2. The van der Waals surface area contributed by atoms with Crippen molar-refractivity contribution >= 4 is 29.3 Å². The molecule has 3 aromatic rings. The van der Waals surface area contributed by atoms with Crippen LogP contribution in [0.4, 0.5) is 5.69 Å². The van der Waals surface area contributed by atoms with Crippen molar-refractivity contribution in [3.8, 4) is 11.4 Å². The largest absolute Gasteiger partial charge is 0.351 e. The molecule has 0 spiro atoms. The van der Waals surface area contributed by atoms with Crippen molar-refractivity contribution in [2.75, 3.05) is 11.1 Å². The summed E-state index contributed by atoms with van der Waals surface area (Å²) in [5, 5.41) is 14.9. The molecule has 0 unspecified atom stereocenters. The molecule has 0 atom stereocenters. The molecule has 156 valence electrons. The molecule has 7 nitrogen and oxygen atoms in total. The van der Waals surface area contributed by atoms with Crippen molar-refractivity contribution in [2.45, 2.75) is 31.5 Å². The van der Waals surface area contributed by atoms with Gasteiger partial charge in [0.25, 0.3) is 5.91 Å². The Morgan fingerprint density at radius 1 is 1.03 bits per heavy atom. The van der Waals surface area contributed by atoms with Crippen LogP contribution in [0.1, 0.15) is 31.1 Å². The van der Waals surface area contributed by atoms with Crippen molar-refractivity contribution < 1.29 is 9.59 Å². The van der Waals surface area contributed by atoms with Crippen molar-refractivity contribution in [3.63, 3.8) is 0 Å². The molecule has 30 heavy (non-hydrogen) atoms. The van der Waals surface area contributed by atoms with Crippen LogP contribution in [0, 0.1) is 0 Å². The molecule has 3 rings (SSSR count).